The monoisotopic (exact) mass is 511 g/mol. The third-order valence-electron chi connectivity index (χ3n) is 7.23. The molecular weight excluding hydrogens is 474 g/mol. The fourth-order valence-electron chi connectivity index (χ4n) is 5.19. The molecule has 10 nitrogen and oxygen atoms in total. The van der Waals surface area contributed by atoms with Gasteiger partial charge in [0.1, 0.15) is 6.04 Å². The van der Waals surface area contributed by atoms with Gasteiger partial charge in [0.15, 0.2) is 0 Å². The summed E-state index contributed by atoms with van der Waals surface area (Å²) < 4.78 is 0. The standard InChI is InChI=1S/C27H37N5O5/c1-18(2)16-24(34)28-10-4-3-5-11-30-12-14-31(15-13-30)19-6-7-20-21(17-19)27(37)32(26(20)36)22-8-9-23(33)29-25(22)35/h6-7,17-18,22H,3-5,8-16H2,1-2H3,(H,28,34)(H,29,33,35). The first-order valence-corrected chi connectivity index (χ1v) is 13.3. The maximum absolute atomic E-state index is 13.1. The van der Waals surface area contributed by atoms with Gasteiger partial charge in [-0.25, -0.2) is 0 Å². The van der Waals surface area contributed by atoms with E-state index in [1.54, 1.807) is 12.1 Å². The number of nitrogens with zero attached hydrogens (tertiary/aromatic N) is 3. The molecule has 3 heterocycles. The van der Waals surface area contributed by atoms with E-state index < -0.39 is 23.8 Å². The van der Waals surface area contributed by atoms with Crippen molar-refractivity contribution in [1.29, 1.82) is 0 Å². The number of amides is 5. The smallest absolute Gasteiger partial charge is 0.262 e. The first kappa shape index (κ1) is 26.8. The molecule has 3 aliphatic heterocycles. The molecule has 3 aliphatic rings. The van der Waals surface area contributed by atoms with E-state index in [9.17, 15) is 24.0 Å². The lowest BCUT2D eigenvalue weighted by Crippen LogP contribution is -2.54. The highest BCUT2D eigenvalue weighted by Crippen LogP contribution is 2.31. The molecule has 1 aromatic rings. The van der Waals surface area contributed by atoms with Crippen molar-refractivity contribution in [3.63, 3.8) is 0 Å². The van der Waals surface area contributed by atoms with Crippen LogP contribution in [0.5, 0.6) is 0 Å². The number of carbonyl (C=O) groups is 5. The SMILES string of the molecule is CC(C)CC(=O)NCCCCCN1CCN(c2ccc3c(c2)C(=O)N(C2CCC(=O)NC2=O)C3=O)CC1. The van der Waals surface area contributed by atoms with Gasteiger partial charge in [-0.05, 0) is 49.9 Å². The van der Waals surface area contributed by atoms with E-state index in [2.05, 4.69) is 20.4 Å². The van der Waals surface area contributed by atoms with Crippen LogP contribution in [-0.4, -0.2) is 84.6 Å². The highest BCUT2D eigenvalue weighted by molar-refractivity contribution is 6.23. The minimum atomic E-state index is -0.951. The number of piperidine rings is 1. The number of imide groups is 2. The van der Waals surface area contributed by atoms with Crippen molar-refractivity contribution >= 4 is 35.2 Å². The number of piperazine rings is 1. The molecule has 0 radical (unpaired) electrons. The average Bonchev–Trinajstić information content (AvgIpc) is 3.10. The van der Waals surface area contributed by atoms with Crippen LogP contribution >= 0.6 is 0 Å². The summed E-state index contributed by atoms with van der Waals surface area (Å²) in [5.74, 6) is -1.43. The molecule has 2 saturated heterocycles. The van der Waals surface area contributed by atoms with Crippen LogP contribution < -0.4 is 15.5 Å². The summed E-state index contributed by atoms with van der Waals surface area (Å²) in [5.41, 5.74) is 1.51. The lowest BCUT2D eigenvalue weighted by atomic mass is 10.0. The largest absolute Gasteiger partial charge is 0.369 e. The third kappa shape index (κ3) is 6.36. The van der Waals surface area contributed by atoms with Gasteiger partial charge < -0.3 is 10.2 Å². The van der Waals surface area contributed by atoms with E-state index in [0.29, 0.717) is 23.5 Å². The summed E-state index contributed by atoms with van der Waals surface area (Å²) >= 11 is 0. The Hall–Kier alpha value is -3.27. The van der Waals surface area contributed by atoms with E-state index in [0.717, 1.165) is 69.1 Å². The maximum atomic E-state index is 13.1. The fraction of sp³-hybridized carbons (Fsp3) is 0.593. The van der Waals surface area contributed by atoms with Gasteiger partial charge in [-0.2, -0.15) is 0 Å². The summed E-state index contributed by atoms with van der Waals surface area (Å²) in [6.45, 7) is 9.32. The van der Waals surface area contributed by atoms with Gasteiger partial charge in [-0.15, -0.1) is 0 Å². The molecular formula is C27H37N5O5. The van der Waals surface area contributed by atoms with Crippen molar-refractivity contribution in [1.82, 2.24) is 20.4 Å². The summed E-state index contributed by atoms with van der Waals surface area (Å²) in [7, 11) is 0. The van der Waals surface area contributed by atoms with Gasteiger partial charge in [-0.3, -0.25) is 39.1 Å². The quantitative estimate of drug-likeness (QED) is 0.361. The lowest BCUT2D eigenvalue weighted by molar-refractivity contribution is -0.136. The zero-order valence-corrected chi connectivity index (χ0v) is 21.8. The van der Waals surface area contributed by atoms with Crippen LogP contribution in [0.2, 0.25) is 0 Å². The van der Waals surface area contributed by atoms with E-state index >= 15 is 0 Å². The number of rotatable bonds is 10. The van der Waals surface area contributed by atoms with Crippen LogP contribution in [0, 0.1) is 5.92 Å². The van der Waals surface area contributed by atoms with Gasteiger partial charge in [0.25, 0.3) is 11.8 Å². The molecule has 0 spiro atoms. The van der Waals surface area contributed by atoms with Gasteiger partial charge in [0.2, 0.25) is 17.7 Å². The second kappa shape index (κ2) is 11.9. The summed E-state index contributed by atoms with van der Waals surface area (Å²) in [5, 5.41) is 5.21. The molecule has 10 heteroatoms. The number of hydrogen-bond acceptors (Lipinski definition) is 7. The molecule has 1 aromatic carbocycles. The van der Waals surface area contributed by atoms with Crippen molar-refractivity contribution in [2.75, 3.05) is 44.2 Å². The second-order valence-corrected chi connectivity index (χ2v) is 10.5. The Morgan fingerprint density at radius 3 is 2.43 bits per heavy atom. The van der Waals surface area contributed by atoms with Crippen LogP contribution in [0.4, 0.5) is 5.69 Å². The molecule has 37 heavy (non-hydrogen) atoms. The normalized spacial score (nSPS) is 20.5. The molecule has 2 fully saturated rings. The number of nitrogens with one attached hydrogen (secondary N) is 2. The van der Waals surface area contributed by atoms with Crippen LogP contribution in [0.25, 0.3) is 0 Å². The zero-order chi connectivity index (χ0) is 26.5. The number of anilines is 1. The summed E-state index contributed by atoms with van der Waals surface area (Å²) in [4.78, 5) is 67.1. The van der Waals surface area contributed by atoms with Crippen molar-refractivity contribution in [2.24, 2.45) is 5.92 Å². The molecule has 2 N–H and O–H groups in total. The first-order chi connectivity index (χ1) is 17.7. The Labute approximate surface area is 217 Å². The molecule has 5 amide bonds. The molecule has 0 saturated carbocycles. The van der Waals surface area contributed by atoms with Gasteiger partial charge in [-0.1, -0.05) is 20.3 Å². The molecule has 1 unspecified atom stereocenters. The molecule has 0 bridgehead atoms. The highest BCUT2D eigenvalue weighted by Gasteiger charge is 2.44. The molecule has 4 rings (SSSR count). The van der Waals surface area contributed by atoms with Crippen molar-refractivity contribution in [3.8, 4) is 0 Å². The molecule has 1 atom stereocenters. The third-order valence-corrected chi connectivity index (χ3v) is 7.23. The Bertz CT molecular complexity index is 1060. The van der Waals surface area contributed by atoms with Crippen LogP contribution in [0.3, 0.4) is 0 Å². The van der Waals surface area contributed by atoms with Crippen LogP contribution in [0.15, 0.2) is 18.2 Å². The lowest BCUT2D eigenvalue weighted by Gasteiger charge is -2.36. The number of benzene rings is 1. The van der Waals surface area contributed by atoms with E-state index in [4.69, 9.17) is 0 Å². The minimum Gasteiger partial charge on any atom is -0.369 e. The van der Waals surface area contributed by atoms with Crippen LogP contribution in [0.1, 0.15) is 73.1 Å². The Balaban J connectivity index is 1.23. The van der Waals surface area contributed by atoms with Gasteiger partial charge in [0.05, 0.1) is 11.1 Å². The van der Waals surface area contributed by atoms with Crippen molar-refractivity contribution < 1.29 is 24.0 Å². The van der Waals surface area contributed by atoms with Crippen LogP contribution in [-0.2, 0) is 14.4 Å². The summed E-state index contributed by atoms with van der Waals surface area (Å²) in [6.07, 6.45) is 3.99. The Kier molecular flexibility index (Phi) is 8.58. The average molecular weight is 512 g/mol. The molecule has 0 aromatic heterocycles. The topological polar surface area (TPSA) is 119 Å². The predicted molar refractivity (Wildman–Crippen MR) is 138 cm³/mol. The summed E-state index contributed by atoms with van der Waals surface area (Å²) in [6, 6.07) is 4.34. The maximum Gasteiger partial charge on any atom is 0.262 e. The Morgan fingerprint density at radius 1 is 1.00 bits per heavy atom. The highest BCUT2D eigenvalue weighted by atomic mass is 16.2. The zero-order valence-electron chi connectivity index (χ0n) is 21.8. The molecule has 0 aliphatic carbocycles. The first-order valence-electron chi connectivity index (χ1n) is 13.3. The number of carbonyl (C=O) groups excluding carboxylic acids is 5. The van der Waals surface area contributed by atoms with Gasteiger partial charge >= 0.3 is 0 Å². The number of unbranched alkanes of at least 4 members (excludes halogenated alkanes) is 2. The predicted octanol–water partition coefficient (Wildman–Crippen LogP) is 1.54. The van der Waals surface area contributed by atoms with E-state index in [1.807, 2.05) is 19.9 Å². The fourth-order valence-corrected chi connectivity index (χ4v) is 5.19. The van der Waals surface area contributed by atoms with Crippen molar-refractivity contribution in [2.45, 2.75) is 58.4 Å². The minimum absolute atomic E-state index is 0.105. The van der Waals surface area contributed by atoms with E-state index in [-0.39, 0.29) is 24.7 Å². The second-order valence-electron chi connectivity index (χ2n) is 10.5. The Morgan fingerprint density at radius 2 is 1.73 bits per heavy atom. The van der Waals surface area contributed by atoms with Crippen molar-refractivity contribution in [3.05, 3.63) is 29.3 Å². The van der Waals surface area contributed by atoms with E-state index in [1.165, 1.54) is 0 Å². The number of fused-ring (bicyclic) bond motifs is 1. The molecule has 200 valence electrons. The number of hydrogen-bond donors (Lipinski definition) is 2. The van der Waals surface area contributed by atoms with Gasteiger partial charge in [0, 0.05) is 51.3 Å².